The Kier molecular flexibility index (Phi) is 3.90. The van der Waals surface area contributed by atoms with E-state index in [2.05, 4.69) is 4.98 Å². The molecule has 0 saturated heterocycles. The van der Waals surface area contributed by atoms with Crippen molar-refractivity contribution in [3.63, 3.8) is 0 Å². The number of nitrogens with zero attached hydrogens (tertiary/aromatic N) is 2. The van der Waals surface area contributed by atoms with Crippen LogP contribution in [0.15, 0.2) is 59.6 Å². The predicted octanol–water partition coefficient (Wildman–Crippen LogP) is 3.22. The second-order valence-corrected chi connectivity index (χ2v) is 6.59. The van der Waals surface area contributed by atoms with Crippen LogP contribution < -0.4 is 4.18 Å². The monoisotopic (exact) mass is 344 g/mol. The van der Waals surface area contributed by atoms with Gasteiger partial charge >= 0.3 is 10.1 Å². The number of aromatic nitrogens is 1. The van der Waals surface area contributed by atoms with Crippen molar-refractivity contribution in [2.75, 3.05) is 0 Å². The van der Waals surface area contributed by atoms with E-state index in [0.29, 0.717) is 11.1 Å². The summed E-state index contributed by atoms with van der Waals surface area (Å²) in [6.45, 7) is 1.54. The number of non-ortho nitro benzene ring substituents is 1. The van der Waals surface area contributed by atoms with Gasteiger partial charge in [-0.05, 0) is 24.6 Å². The minimum atomic E-state index is -4.24. The summed E-state index contributed by atoms with van der Waals surface area (Å²) < 4.78 is 30.3. The van der Waals surface area contributed by atoms with Gasteiger partial charge in [-0.1, -0.05) is 24.3 Å². The maximum atomic E-state index is 12.6. The molecule has 8 heteroatoms. The van der Waals surface area contributed by atoms with Gasteiger partial charge in [0.15, 0.2) is 5.75 Å². The Morgan fingerprint density at radius 2 is 1.88 bits per heavy atom. The lowest BCUT2D eigenvalue weighted by molar-refractivity contribution is -0.385. The summed E-state index contributed by atoms with van der Waals surface area (Å²) in [6.07, 6.45) is 1.53. The summed E-state index contributed by atoms with van der Waals surface area (Å²) in [4.78, 5) is 14.1. The Hall–Kier alpha value is -3.00. The topological polar surface area (TPSA) is 99.4 Å². The third-order valence-corrected chi connectivity index (χ3v) is 4.82. The molecule has 0 aliphatic carbocycles. The average Bonchev–Trinajstić information content (AvgIpc) is 2.55. The zero-order valence-electron chi connectivity index (χ0n) is 12.5. The van der Waals surface area contributed by atoms with E-state index in [1.54, 1.807) is 31.2 Å². The zero-order chi connectivity index (χ0) is 17.3. The van der Waals surface area contributed by atoms with Crippen LogP contribution in [-0.2, 0) is 10.1 Å². The number of hydrogen-bond acceptors (Lipinski definition) is 6. The van der Waals surface area contributed by atoms with Gasteiger partial charge in [-0.25, -0.2) is 0 Å². The molecular formula is C16H12N2O5S. The Labute approximate surface area is 137 Å². The molecule has 7 nitrogen and oxygen atoms in total. The largest absolute Gasteiger partial charge is 0.377 e. The molecule has 0 spiro atoms. The van der Waals surface area contributed by atoms with E-state index in [4.69, 9.17) is 4.18 Å². The van der Waals surface area contributed by atoms with Gasteiger partial charge in [0.25, 0.3) is 5.69 Å². The van der Waals surface area contributed by atoms with E-state index in [1.165, 1.54) is 24.4 Å². The van der Waals surface area contributed by atoms with Crippen LogP contribution in [0.25, 0.3) is 10.9 Å². The number of aryl methyl sites for hydroxylation is 1. The lowest BCUT2D eigenvalue weighted by atomic mass is 10.2. The Morgan fingerprint density at radius 3 is 2.62 bits per heavy atom. The number of nitro benzene ring substituents is 1. The molecule has 0 amide bonds. The van der Waals surface area contributed by atoms with Crippen molar-refractivity contribution in [2.24, 2.45) is 0 Å². The molecule has 24 heavy (non-hydrogen) atoms. The van der Waals surface area contributed by atoms with Crippen LogP contribution in [0.4, 0.5) is 5.69 Å². The predicted molar refractivity (Wildman–Crippen MR) is 87.4 cm³/mol. The van der Waals surface area contributed by atoms with Crippen molar-refractivity contribution in [2.45, 2.75) is 11.8 Å². The normalized spacial score (nSPS) is 11.4. The van der Waals surface area contributed by atoms with Gasteiger partial charge in [-0.3, -0.25) is 15.1 Å². The lowest BCUT2D eigenvalue weighted by Gasteiger charge is -2.10. The third kappa shape index (κ3) is 2.91. The van der Waals surface area contributed by atoms with Gasteiger partial charge in [-0.2, -0.15) is 8.42 Å². The van der Waals surface area contributed by atoms with Crippen molar-refractivity contribution < 1.29 is 17.5 Å². The molecule has 3 aromatic rings. The van der Waals surface area contributed by atoms with Crippen molar-refractivity contribution in [1.29, 1.82) is 0 Å². The number of nitro groups is 1. The molecule has 0 saturated carbocycles. The Bertz CT molecular complexity index is 1040. The molecule has 1 aromatic heterocycles. The average molecular weight is 344 g/mol. The highest BCUT2D eigenvalue weighted by molar-refractivity contribution is 7.87. The van der Waals surface area contributed by atoms with E-state index in [1.807, 2.05) is 0 Å². The van der Waals surface area contributed by atoms with Crippen molar-refractivity contribution in [3.05, 3.63) is 70.4 Å². The smallest absolute Gasteiger partial charge is 0.339 e. The maximum Gasteiger partial charge on any atom is 0.339 e. The summed E-state index contributed by atoms with van der Waals surface area (Å²) in [5.74, 6) is 0.0685. The highest BCUT2D eigenvalue weighted by atomic mass is 32.2. The molecule has 0 radical (unpaired) electrons. The molecule has 0 aliphatic heterocycles. The van der Waals surface area contributed by atoms with Crippen molar-refractivity contribution in [1.82, 2.24) is 4.98 Å². The second-order valence-electron chi connectivity index (χ2n) is 5.08. The minimum Gasteiger partial charge on any atom is -0.377 e. The Balaban J connectivity index is 2.09. The minimum absolute atomic E-state index is 0.0685. The first kappa shape index (κ1) is 15.9. The van der Waals surface area contributed by atoms with Crippen LogP contribution in [0, 0.1) is 17.0 Å². The van der Waals surface area contributed by atoms with Gasteiger partial charge in [0, 0.05) is 23.7 Å². The van der Waals surface area contributed by atoms with Crippen LogP contribution in [0.5, 0.6) is 5.75 Å². The molecule has 0 atom stereocenters. The first-order chi connectivity index (χ1) is 11.4. The zero-order valence-corrected chi connectivity index (χ0v) is 13.4. The molecule has 3 rings (SSSR count). The lowest BCUT2D eigenvalue weighted by Crippen LogP contribution is -2.12. The molecule has 0 aliphatic rings. The molecule has 0 bridgehead atoms. The number of rotatable bonds is 4. The fraction of sp³-hybridized carbons (Fsp3) is 0.0625. The van der Waals surface area contributed by atoms with Crippen LogP contribution in [-0.4, -0.2) is 18.3 Å². The van der Waals surface area contributed by atoms with E-state index in [-0.39, 0.29) is 16.3 Å². The third-order valence-electron chi connectivity index (χ3n) is 3.45. The van der Waals surface area contributed by atoms with Crippen LogP contribution >= 0.6 is 0 Å². The number of pyridine rings is 1. The van der Waals surface area contributed by atoms with Crippen molar-refractivity contribution >= 4 is 26.7 Å². The molecule has 122 valence electrons. The van der Waals surface area contributed by atoms with E-state index >= 15 is 0 Å². The SMILES string of the molecule is Cc1ccc([N+](=O)[O-])cc1S(=O)(=O)Oc1cccc2cccnc12. The first-order valence-electron chi connectivity index (χ1n) is 6.92. The van der Waals surface area contributed by atoms with E-state index < -0.39 is 15.0 Å². The van der Waals surface area contributed by atoms with Crippen LogP contribution in [0.2, 0.25) is 0 Å². The van der Waals surface area contributed by atoms with Crippen LogP contribution in [0.3, 0.4) is 0 Å². The molecule has 2 aromatic carbocycles. The van der Waals surface area contributed by atoms with Gasteiger partial charge in [0.2, 0.25) is 0 Å². The summed E-state index contributed by atoms with van der Waals surface area (Å²) >= 11 is 0. The second kappa shape index (κ2) is 5.89. The molecular weight excluding hydrogens is 332 g/mol. The van der Waals surface area contributed by atoms with Crippen molar-refractivity contribution in [3.8, 4) is 5.75 Å². The summed E-state index contributed by atoms with van der Waals surface area (Å²) in [6, 6.07) is 12.0. The molecule has 0 unspecified atom stereocenters. The fourth-order valence-corrected chi connectivity index (χ4v) is 3.47. The maximum absolute atomic E-state index is 12.6. The van der Waals surface area contributed by atoms with Gasteiger partial charge in [-0.15, -0.1) is 0 Å². The quantitative estimate of drug-likeness (QED) is 0.409. The van der Waals surface area contributed by atoms with Gasteiger partial charge < -0.3 is 4.18 Å². The summed E-state index contributed by atoms with van der Waals surface area (Å²) in [7, 11) is -4.24. The molecule has 0 N–H and O–H groups in total. The summed E-state index contributed by atoms with van der Waals surface area (Å²) in [5.41, 5.74) is 0.430. The fourth-order valence-electron chi connectivity index (χ4n) is 2.28. The molecule has 1 heterocycles. The number of fused-ring (bicyclic) bond motifs is 1. The van der Waals surface area contributed by atoms with Gasteiger partial charge in [0.05, 0.1) is 4.92 Å². The number of benzene rings is 2. The van der Waals surface area contributed by atoms with Crippen LogP contribution in [0.1, 0.15) is 5.56 Å². The summed E-state index contributed by atoms with van der Waals surface area (Å²) in [5, 5.41) is 11.6. The number of para-hydroxylation sites is 1. The first-order valence-corrected chi connectivity index (χ1v) is 8.32. The van der Waals surface area contributed by atoms with Gasteiger partial charge in [0.1, 0.15) is 10.4 Å². The highest BCUT2D eigenvalue weighted by Gasteiger charge is 2.23. The Morgan fingerprint density at radius 1 is 1.12 bits per heavy atom. The molecule has 0 fully saturated rings. The number of hydrogen-bond donors (Lipinski definition) is 0. The standard InChI is InChI=1S/C16H12N2O5S/c1-11-7-8-13(18(19)20)10-15(11)24(21,22)23-14-6-2-4-12-5-3-9-17-16(12)14/h2-10H,1H3. The highest BCUT2D eigenvalue weighted by Crippen LogP contribution is 2.29. The van der Waals surface area contributed by atoms with E-state index in [9.17, 15) is 18.5 Å². The van der Waals surface area contributed by atoms with E-state index in [0.717, 1.165) is 11.5 Å².